The van der Waals surface area contributed by atoms with Crippen molar-refractivity contribution in [2.75, 3.05) is 0 Å². The third-order valence-corrected chi connectivity index (χ3v) is 0.994. The summed E-state index contributed by atoms with van der Waals surface area (Å²) in [7, 11) is 0. The molecule has 0 radical (unpaired) electrons. The number of rotatable bonds is 2. The van der Waals surface area contributed by atoms with Crippen LogP contribution in [0.25, 0.3) is 6.08 Å². The summed E-state index contributed by atoms with van der Waals surface area (Å²) in [4.78, 5) is 9.42. The Morgan fingerprint density at radius 3 is 2.70 bits per heavy atom. The number of furan rings is 1. The molecule has 1 aromatic rings. The molecule has 0 N–H and O–H groups in total. The van der Waals surface area contributed by atoms with Gasteiger partial charge in [0.1, 0.15) is 10.7 Å². The molecular formula is C6H5NO3. The van der Waals surface area contributed by atoms with Gasteiger partial charge in [-0.2, -0.15) is 0 Å². The van der Waals surface area contributed by atoms with Gasteiger partial charge in [0, 0.05) is 0 Å². The minimum atomic E-state index is -0.590. The van der Waals surface area contributed by atoms with Crippen molar-refractivity contribution in [2.24, 2.45) is 0 Å². The maximum absolute atomic E-state index is 10.0. The Labute approximate surface area is 56.9 Å². The molecule has 1 rings (SSSR count). The van der Waals surface area contributed by atoms with Gasteiger partial charge in [0.25, 0.3) is 0 Å². The molecule has 0 atom stereocenters. The van der Waals surface area contributed by atoms with Crippen molar-refractivity contribution in [1.82, 2.24) is 0 Å². The summed E-state index contributed by atoms with van der Waals surface area (Å²) in [6.07, 6.45) is 1.41. The highest BCUT2D eigenvalue weighted by molar-refractivity contribution is 5.41. The van der Waals surface area contributed by atoms with Crippen LogP contribution < -0.4 is 0 Å². The fourth-order valence-electron chi connectivity index (χ4n) is 0.550. The molecule has 4 heteroatoms. The van der Waals surface area contributed by atoms with Crippen LogP contribution in [-0.2, 0) is 0 Å². The first-order chi connectivity index (χ1) is 4.74. The molecule has 0 bridgehead atoms. The van der Waals surface area contributed by atoms with Gasteiger partial charge >= 0.3 is 5.88 Å². The van der Waals surface area contributed by atoms with Crippen LogP contribution in [0.3, 0.4) is 0 Å². The van der Waals surface area contributed by atoms with Gasteiger partial charge in [0.2, 0.25) is 0 Å². The van der Waals surface area contributed by atoms with E-state index in [1.807, 2.05) is 0 Å². The van der Waals surface area contributed by atoms with Crippen molar-refractivity contribution >= 4 is 12.0 Å². The van der Waals surface area contributed by atoms with Crippen LogP contribution in [0.2, 0.25) is 0 Å². The van der Waals surface area contributed by atoms with Crippen molar-refractivity contribution < 1.29 is 9.34 Å². The highest BCUT2D eigenvalue weighted by Gasteiger charge is 2.08. The number of nitrogens with zero attached hydrogens (tertiary/aromatic N) is 1. The first kappa shape index (κ1) is 6.54. The Morgan fingerprint density at radius 2 is 2.40 bits per heavy atom. The van der Waals surface area contributed by atoms with E-state index in [9.17, 15) is 10.1 Å². The highest BCUT2D eigenvalue weighted by Crippen LogP contribution is 2.15. The monoisotopic (exact) mass is 139 g/mol. The zero-order valence-corrected chi connectivity index (χ0v) is 5.11. The molecule has 52 valence electrons. The Kier molecular flexibility index (Phi) is 1.53. The van der Waals surface area contributed by atoms with E-state index in [1.165, 1.54) is 18.2 Å². The van der Waals surface area contributed by atoms with Gasteiger partial charge in [-0.15, -0.1) is 0 Å². The van der Waals surface area contributed by atoms with E-state index in [0.717, 1.165) is 0 Å². The average Bonchev–Trinajstić information content (AvgIpc) is 2.34. The maximum Gasteiger partial charge on any atom is 0.433 e. The van der Waals surface area contributed by atoms with E-state index in [2.05, 4.69) is 11.0 Å². The second-order valence-corrected chi connectivity index (χ2v) is 1.64. The van der Waals surface area contributed by atoms with E-state index in [-0.39, 0.29) is 5.88 Å². The molecular weight excluding hydrogens is 134 g/mol. The topological polar surface area (TPSA) is 56.3 Å². The van der Waals surface area contributed by atoms with Crippen LogP contribution in [0.5, 0.6) is 0 Å². The van der Waals surface area contributed by atoms with Crippen LogP contribution in [0.15, 0.2) is 23.1 Å². The lowest BCUT2D eigenvalue weighted by Crippen LogP contribution is -1.82. The largest absolute Gasteiger partial charge is 0.433 e. The molecule has 0 amide bonds. The molecule has 0 unspecified atom stereocenters. The molecule has 4 nitrogen and oxygen atoms in total. The van der Waals surface area contributed by atoms with Crippen molar-refractivity contribution in [3.05, 3.63) is 34.6 Å². The molecule has 0 aliphatic heterocycles. The summed E-state index contributed by atoms with van der Waals surface area (Å²) in [5.74, 6) is 0.154. The number of hydrogen-bond acceptors (Lipinski definition) is 3. The molecule has 0 fully saturated rings. The van der Waals surface area contributed by atoms with Gasteiger partial charge in [0.05, 0.1) is 6.07 Å². The molecule has 1 heterocycles. The van der Waals surface area contributed by atoms with Gasteiger partial charge < -0.3 is 4.42 Å². The molecule has 10 heavy (non-hydrogen) atoms. The fourth-order valence-corrected chi connectivity index (χ4v) is 0.550. The minimum Gasteiger partial charge on any atom is -0.401 e. The summed E-state index contributed by atoms with van der Waals surface area (Å²) in [6.45, 7) is 3.39. The van der Waals surface area contributed by atoms with Crippen LogP contribution in [-0.4, -0.2) is 4.92 Å². The van der Waals surface area contributed by atoms with E-state index in [1.54, 1.807) is 0 Å². The molecule has 1 aromatic heterocycles. The summed E-state index contributed by atoms with van der Waals surface area (Å²) in [6, 6.07) is 2.78. The van der Waals surface area contributed by atoms with Crippen LogP contribution >= 0.6 is 0 Å². The molecule has 0 saturated carbocycles. The Balaban J connectivity index is 2.98. The third-order valence-electron chi connectivity index (χ3n) is 0.994. The van der Waals surface area contributed by atoms with E-state index >= 15 is 0 Å². The Hall–Kier alpha value is -1.58. The van der Waals surface area contributed by atoms with Crippen molar-refractivity contribution in [2.45, 2.75) is 0 Å². The second-order valence-electron chi connectivity index (χ2n) is 1.64. The summed E-state index contributed by atoms with van der Waals surface area (Å²) in [5, 5.41) is 10.0. The molecule has 0 aromatic carbocycles. The molecule has 0 aliphatic rings. The quantitative estimate of drug-likeness (QED) is 0.464. The van der Waals surface area contributed by atoms with Crippen LogP contribution in [0.1, 0.15) is 5.76 Å². The third kappa shape index (κ3) is 1.05. The standard InChI is InChI=1S/C6H5NO3/c1-2-5-3-4-6(10-5)7(8)9/h2-4H,1H2. The van der Waals surface area contributed by atoms with Crippen molar-refractivity contribution in [1.29, 1.82) is 0 Å². The number of nitro groups is 1. The predicted molar refractivity (Wildman–Crippen MR) is 35.5 cm³/mol. The molecule has 0 saturated heterocycles. The summed E-state index contributed by atoms with van der Waals surface area (Å²) in [5.41, 5.74) is 0. The fraction of sp³-hybridized carbons (Fsp3) is 0. The Bertz CT molecular complexity index is 264. The number of hydrogen-bond donors (Lipinski definition) is 0. The van der Waals surface area contributed by atoms with E-state index in [4.69, 9.17) is 0 Å². The van der Waals surface area contributed by atoms with Gasteiger partial charge in [-0.3, -0.25) is 10.1 Å². The van der Waals surface area contributed by atoms with Crippen LogP contribution in [0.4, 0.5) is 5.88 Å². The van der Waals surface area contributed by atoms with Gasteiger partial charge in [-0.25, -0.2) is 0 Å². The molecule has 0 aliphatic carbocycles. The minimum absolute atomic E-state index is 0.255. The average molecular weight is 139 g/mol. The lowest BCUT2D eigenvalue weighted by Gasteiger charge is -1.80. The first-order valence-electron chi connectivity index (χ1n) is 2.60. The highest BCUT2D eigenvalue weighted by atomic mass is 16.6. The van der Waals surface area contributed by atoms with E-state index < -0.39 is 4.92 Å². The van der Waals surface area contributed by atoms with Crippen LogP contribution in [0, 0.1) is 10.1 Å². The Morgan fingerprint density at radius 1 is 1.70 bits per heavy atom. The van der Waals surface area contributed by atoms with Gasteiger partial charge in [0.15, 0.2) is 0 Å². The summed E-state index contributed by atoms with van der Waals surface area (Å²) < 4.78 is 4.68. The normalized spacial score (nSPS) is 9.20. The van der Waals surface area contributed by atoms with Crippen molar-refractivity contribution in [3.8, 4) is 0 Å². The lowest BCUT2D eigenvalue weighted by molar-refractivity contribution is -0.402. The van der Waals surface area contributed by atoms with Crippen molar-refractivity contribution in [3.63, 3.8) is 0 Å². The smallest absolute Gasteiger partial charge is 0.401 e. The second kappa shape index (κ2) is 2.34. The SMILES string of the molecule is C=Cc1ccc([N+](=O)[O-])o1. The zero-order valence-electron chi connectivity index (χ0n) is 5.11. The van der Waals surface area contributed by atoms with Gasteiger partial charge in [-0.05, 0) is 12.1 Å². The molecule has 0 spiro atoms. The maximum atomic E-state index is 10.0. The lowest BCUT2D eigenvalue weighted by atomic mass is 10.4. The van der Waals surface area contributed by atoms with Gasteiger partial charge in [-0.1, -0.05) is 6.58 Å². The van der Waals surface area contributed by atoms with E-state index in [0.29, 0.717) is 5.76 Å². The first-order valence-corrected chi connectivity index (χ1v) is 2.60. The zero-order chi connectivity index (χ0) is 7.56. The predicted octanol–water partition coefficient (Wildman–Crippen LogP) is 1.83. The summed E-state index contributed by atoms with van der Waals surface area (Å²) >= 11 is 0.